The van der Waals surface area contributed by atoms with E-state index in [1.165, 1.54) is 66.4 Å². The lowest BCUT2D eigenvalue weighted by atomic mass is 9.59. The Morgan fingerprint density at radius 1 is 0.477 bits per heavy atom. The van der Waals surface area contributed by atoms with Gasteiger partial charge >= 0.3 is 0 Å². The molecule has 1 heterocycles. The Labute approximate surface area is 380 Å². The summed E-state index contributed by atoms with van der Waals surface area (Å²) in [5, 5.41) is 4.80. The average Bonchev–Trinajstić information content (AvgIpc) is 3.93. The second-order valence-electron chi connectivity index (χ2n) is 19.0. The summed E-state index contributed by atoms with van der Waals surface area (Å²) in [6.07, 6.45) is 7.50. The molecule has 2 atom stereocenters. The monoisotopic (exact) mass is 833 g/mol. The van der Waals surface area contributed by atoms with Crippen LogP contribution >= 0.6 is 0 Å². The smallest absolute Gasteiger partial charge is 0.139 e. The zero-order valence-electron chi connectivity index (χ0n) is 36.8. The quantitative estimate of drug-likeness (QED) is 0.166. The molecule has 0 bridgehead atoms. The Hall–Kier alpha value is -7.68. The number of fused-ring (bicyclic) bond motifs is 11. The number of benzene rings is 9. The SMILES string of the molecule is CC1(C)c2ccccc2-c2ccc(N(C3=C[C@@]4(C)c5c(ccc6c5oc5ccccc56)C(c5ccccc5)(c5ccccc5)C4C=C3)c3ccc(-c4cccc5ccccc45)cc3)cc21. The molecule has 1 unspecified atom stereocenters. The highest BCUT2D eigenvalue weighted by atomic mass is 16.3. The number of anilines is 2. The van der Waals surface area contributed by atoms with E-state index >= 15 is 0 Å². The molecular weight excluding hydrogens is 787 g/mol. The van der Waals surface area contributed by atoms with E-state index in [4.69, 9.17) is 4.42 Å². The normalized spacial score (nSPS) is 18.6. The number of rotatable bonds is 6. The lowest BCUT2D eigenvalue weighted by molar-refractivity contribution is 0.364. The van der Waals surface area contributed by atoms with E-state index in [1.807, 2.05) is 0 Å². The molecule has 0 saturated carbocycles. The predicted molar refractivity (Wildman–Crippen MR) is 270 cm³/mol. The molecule has 9 aromatic carbocycles. The first-order valence-electron chi connectivity index (χ1n) is 23.0. The third-order valence-electron chi connectivity index (χ3n) is 15.3. The van der Waals surface area contributed by atoms with E-state index in [-0.39, 0.29) is 11.3 Å². The molecule has 3 aliphatic rings. The molecule has 65 heavy (non-hydrogen) atoms. The summed E-state index contributed by atoms with van der Waals surface area (Å²) in [7, 11) is 0. The molecule has 0 saturated heterocycles. The Balaban J connectivity index is 1.06. The van der Waals surface area contributed by atoms with Crippen molar-refractivity contribution in [2.75, 3.05) is 4.90 Å². The topological polar surface area (TPSA) is 16.4 Å². The van der Waals surface area contributed by atoms with Crippen molar-refractivity contribution in [3.8, 4) is 22.3 Å². The minimum absolute atomic E-state index is 0.0291. The van der Waals surface area contributed by atoms with Gasteiger partial charge in [0.25, 0.3) is 0 Å². The molecule has 0 amide bonds. The largest absolute Gasteiger partial charge is 0.456 e. The highest BCUT2D eigenvalue weighted by Crippen LogP contribution is 2.64. The maximum absolute atomic E-state index is 7.06. The number of furan rings is 1. The Kier molecular flexibility index (Phi) is 8.10. The van der Waals surface area contributed by atoms with E-state index in [9.17, 15) is 0 Å². The van der Waals surface area contributed by atoms with Crippen LogP contribution in [0.4, 0.5) is 11.4 Å². The second-order valence-corrected chi connectivity index (χ2v) is 19.0. The molecule has 2 heteroatoms. The molecule has 1 aromatic heterocycles. The summed E-state index contributed by atoms with van der Waals surface area (Å²) in [5.41, 5.74) is 17.0. The van der Waals surface area contributed by atoms with Gasteiger partial charge in [-0.1, -0.05) is 203 Å². The van der Waals surface area contributed by atoms with Crippen molar-refractivity contribution in [3.05, 3.63) is 264 Å². The van der Waals surface area contributed by atoms with E-state index in [0.29, 0.717) is 0 Å². The molecule has 0 radical (unpaired) electrons. The van der Waals surface area contributed by atoms with Gasteiger partial charge in [0.1, 0.15) is 11.2 Å². The number of hydrogen-bond acceptors (Lipinski definition) is 2. The van der Waals surface area contributed by atoms with Crippen LogP contribution in [0.1, 0.15) is 54.2 Å². The van der Waals surface area contributed by atoms with Crippen molar-refractivity contribution >= 4 is 44.1 Å². The summed E-state index contributed by atoms with van der Waals surface area (Å²) in [4.78, 5) is 2.49. The van der Waals surface area contributed by atoms with Gasteiger partial charge in [-0.15, -0.1) is 0 Å². The summed E-state index contributed by atoms with van der Waals surface area (Å²) < 4.78 is 7.06. The van der Waals surface area contributed by atoms with Crippen LogP contribution in [0.5, 0.6) is 0 Å². The standard InChI is InChI=1S/C63H47NO/c1-61(2)54-27-14-12-24-50(54)51-35-33-46(39-56(51)61)64(45-31-29-42(30-32-45)49-26-16-18-41-17-10-11-23-48(41)49)47-34-38-58-62(3,40-47)59-55(37-36-53-52-25-13-15-28-57(52)65-60(53)59)63(58,43-19-6-4-7-20-43)44-21-8-5-9-22-44/h4-40,58H,1-3H3/t58?,62-/m1/s1. The van der Waals surface area contributed by atoms with Gasteiger partial charge in [0.2, 0.25) is 0 Å². The number of hydrogen-bond donors (Lipinski definition) is 0. The third kappa shape index (κ3) is 5.29. The maximum atomic E-state index is 7.06. The first-order valence-corrected chi connectivity index (χ1v) is 23.0. The minimum Gasteiger partial charge on any atom is -0.456 e. The highest BCUT2D eigenvalue weighted by Gasteiger charge is 2.60. The van der Waals surface area contributed by atoms with Gasteiger partial charge in [0, 0.05) is 50.2 Å². The molecule has 0 spiro atoms. The van der Waals surface area contributed by atoms with E-state index in [1.54, 1.807) is 0 Å². The molecule has 3 aliphatic carbocycles. The highest BCUT2D eigenvalue weighted by molar-refractivity contribution is 6.07. The van der Waals surface area contributed by atoms with Crippen LogP contribution in [0.2, 0.25) is 0 Å². The fourth-order valence-corrected chi connectivity index (χ4v) is 12.4. The number of allylic oxidation sites excluding steroid dienone is 3. The van der Waals surface area contributed by atoms with Crippen LogP contribution in [0.3, 0.4) is 0 Å². The Morgan fingerprint density at radius 2 is 1.11 bits per heavy atom. The van der Waals surface area contributed by atoms with Gasteiger partial charge in [0.15, 0.2) is 0 Å². The molecule has 0 N–H and O–H groups in total. The second kappa shape index (κ2) is 13.9. The van der Waals surface area contributed by atoms with E-state index < -0.39 is 10.8 Å². The molecule has 310 valence electrons. The van der Waals surface area contributed by atoms with Crippen molar-refractivity contribution in [2.45, 2.75) is 37.0 Å². The molecule has 0 fully saturated rings. The van der Waals surface area contributed by atoms with Crippen molar-refractivity contribution in [2.24, 2.45) is 5.92 Å². The van der Waals surface area contributed by atoms with Gasteiger partial charge in [-0.2, -0.15) is 0 Å². The van der Waals surface area contributed by atoms with Crippen molar-refractivity contribution in [1.82, 2.24) is 0 Å². The molecular formula is C63H47NO. The Morgan fingerprint density at radius 3 is 1.89 bits per heavy atom. The van der Waals surface area contributed by atoms with Crippen molar-refractivity contribution in [1.29, 1.82) is 0 Å². The zero-order chi connectivity index (χ0) is 43.5. The maximum Gasteiger partial charge on any atom is 0.139 e. The average molecular weight is 834 g/mol. The minimum atomic E-state index is -0.494. The molecule has 2 nitrogen and oxygen atoms in total. The van der Waals surface area contributed by atoms with Crippen LogP contribution < -0.4 is 4.90 Å². The zero-order valence-corrected chi connectivity index (χ0v) is 36.8. The summed E-state index contributed by atoms with van der Waals surface area (Å²) in [6.45, 7) is 7.21. The number of para-hydroxylation sites is 1. The first kappa shape index (κ1) is 37.8. The van der Waals surface area contributed by atoms with Gasteiger partial charge in [-0.25, -0.2) is 0 Å². The van der Waals surface area contributed by atoms with E-state index in [2.05, 4.69) is 250 Å². The lowest BCUT2D eigenvalue weighted by Crippen LogP contribution is -2.41. The predicted octanol–water partition coefficient (Wildman–Crippen LogP) is 16.2. The molecule has 0 aliphatic heterocycles. The van der Waals surface area contributed by atoms with Crippen LogP contribution in [-0.2, 0) is 16.2 Å². The third-order valence-corrected chi connectivity index (χ3v) is 15.3. The van der Waals surface area contributed by atoms with Gasteiger partial charge in [0.05, 0.1) is 5.41 Å². The van der Waals surface area contributed by atoms with Gasteiger partial charge in [-0.05, 0) is 103 Å². The summed E-state index contributed by atoms with van der Waals surface area (Å²) in [6, 6.07) is 76.1. The Bertz CT molecular complexity index is 3550. The lowest BCUT2D eigenvalue weighted by Gasteiger charge is -2.43. The fourth-order valence-electron chi connectivity index (χ4n) is 12.4. The van der Waals surface area contributed by atoms with Gasteiger partial charge < -0.3 is 9.32 Å². The van der Waals surface area contributed by atoms with Crippen LogP contribution in [0, 0.1) is 5.92 Å². The van der Waals surface area contributed by atoms with Crippen molar-refractivity contribution in [3.63, 3.8) is 0 Å². The summed E-state index contributed by atoms with van der Waals surface area (Å²) >= 11 is 0. The first-order chi connectivity index (χ1) is 31.9. The van der Waals surface area contributed by atoms with Crippen molar-refractivity contribution < 1.29 is 4.42 Å². The number of nitrogens with zero attached hydrogens (tertiary/aromatic N) is 1. The van der Waals surface area contributed by atoms with Gasteiger partial charge in [-0.3, -0.25) is 0 Å². The van der Waals surface area contributed by atoms with Crippen LogP contribution in [0.25, 0.3) is 55.0 Å². The van der Waals surface area contributed by atoms with E-state index in [0.717, 1.165) is 39.0 Å². The molecule has 13 rings (SSSR count). The van der Waals surface area contributed by atoms with Crippen LogP contribution in [0.15, 0.2) is 235 Å². The van der Waals surface area contributed by atoms with Crippen LogP contribution in [-0.4, -0.2) is 0 Å². The molecule has 10 aromatic rings. The fraction of sp³-hybridized carbons (Fsp3) is 0.111. The summed E-state index contributed by atoms with van der Waals surface area (Å²) in [5.74, 6) is 0.0291.